The summed E-state index contributed by atoms with van der Waals surface area (Å²) in [7, 11) is 1.68. The second-order valence-corrected chi connectivity index (χ2v) is 6.00. The predicted molar refractivity (Wildman–Crippen MR) is 70.8 cm³/mol. The normalized spacial score (nSPS) is 19.9. The lowest BCUT2D eigenvalue weighted by Gasteiger charge is -2.29. The Bertz CT molecular complexity index is 387. The van der Waals surface area contributed by atoms with Crippen LogP contribution in [0.3, 0.4) is 0 Å². The maximum absolute atomic E-state index is 12.6. The van der Waals surface area contributed by atoms with Crippen LogP contribution in [-0.4, -0.2) is 18.5 Å². The van der Waals surface area contributed by atoms with Crippen molar-refractivity contribution in [3.63, 3.8) is 0 Å². The Balaban J connectivity index is 2.24. The Kier molecular flexibility index (Phi) is 4.00. The van der Waals surface area contributed by atoms with Crippen LogP contribution in [0.15, 0.2) is 11.4 Å². The van der Waals surface area contributed by atoms with E-state index < -0.39 is 5.60 Å². The molecule has 1 fully saturated rings. The first kappa shape index (κ1) is 12.8. The van der Waals surface area contributed by atoms with Gasteiger partial charge in [-0.2, -0.15) is 0 Å². The van der Waals surface area contributed by atoms with Gasteiger partial charge < -0.3 is 4.74 Å². The number of Topliss-reactive ketones (excluding diaryl/α,β-unsaturated/α-hetero) is 1. The van der Waals surface area contributed by atoms with Gasteiger partial charge in [0.2, 0.25) is 0 Å². The molecule has 1 saturated carbocycles. The van der Waals surface area contributed by atoms with E-state index in [1.54, 1.807) is 18.4 Å². The molecule has 0 atom stereocenters. The average molecular weight is 252 g/mol. The molecule has 2 nitrogen and oxygen atoms in total. The average Bonchev–Trinajstić information content (AvgIpc) is 2.64. The van der Waals surface area contributed by atoms with Gasteiger partial charge in [-0.25, -0.2) is 0 Å². The molecule has 1 aromatic rings. The van der Waals surface area contributed by atoms with E-state index in [1.807, 2.05) is 18.4 Å². The number of rotatable bonds is 3. The molecule has 0 aliphatic heterocycles. The zero-order chi connectivity index (χ0) is 12.3. The number of carbonyl (C=O) groups excluding carboxylic acids is 1. The molecule has 1 heterocycles. The SMILES string of the molecule is COC1(C(=O)c2csc(C)c2)CCCCCC1. The molecule has 0 saturated heterocycles. The molecular weight excluding hydrogens is 232 g/mol. The summed E-state index contributed by atoms with van der Waals surface area (Å²) >= 11 is 1.63. The molecule has 3 heteroatoms. The van der Waals surface area contributed by atoms with Crippen LogP contribution in [-0.2, 0) is 4.74 Å². The molecule has 0 N–H and O–H groups in total. The van der Waals surface area contributed by atoms with E-state index in [0.717, 1.165) is 31.2 Å². The predicted octanol–water partition coefficient (Wildman–Crippen LogP) is 3.98. The molecule has 0 amide bonds. The van der Waals surface area contributed by atoms with E-state index in [1.165, 1.54) is 17.7 Å². The summed E-state index contributed by atoms with van der Waals surface area (Å²) in [5.41, 5.74) is 0.278. The standard InChI is InChI=1S/C14H20O2S/c1-11-9-12(10-17-11)13(15)14(16-2)7-5-3-4-6-8-14/h9-10H,3-8H2,1-2H3. The van der Waals surface area contributed by atoms with Crippen molar-refractivity contribution in [2.45, 2.75) is 51.0 Å². The molecule has 0 radical (unpaired) electrons. The topological polar surface area (TPSA) is 26.3 Å². The van der Waals surface area contributed by atoms with Gasteiger partial charge >= 0.3 is 0 Å². The van der Waals surface area contributed by atoms with E-state index in [-0.39, 0.29) is 5.78 Å². The molecule has 1 aromatic heterocycles. The van der Waals surface area contributed by atoms with Gasteiger partial charge in [-0.3, -0.25) is 4.79 Å². The molecular formula is C14H20O2S. The van der Waals surface area contributed by atoms with Crippen molar-refractivity contribution in [1.29, 1.82) is 0 Å². The van der Waals surface area contributed by atoms with Crippen molar-refractivity contribution >= 4 is 17.1 Å². The fourth-order valence-corrected chi connectivity index (χ4v) is 3.33. The lowest BCUT2D eigenvalue weighted by atomic mass is 9.86. The first-order valence-corrected chi connectivity index (χ1v) is 7.21. The van der Waals surface area contributed by atoms with Gasteiger partial charge in [0.1, 0.15) is 5.60 Å². The summed E-state index contributed by atoms with van der Waals surface area (Å²) < 4.78 is 5.64. The fraction of sp³-hybridized carbons (Fsp3) is 0.643. The van der Waals surface area contributed by atoms with Crippen molar-refractivity contribution in [2.75, 3.05) is 7.11 Å². The summed E-state index contributed by atoms with van der Waals surface area (Å²) in [6, 6.07) is 1.98. The number of methoxy groups -OCH3 is 1. The number of ether oxygens (including phenoxy) is 1. The first-order valence-electron chi connectivity index (χ1n) is 6.33. The summed E-state index contributed by atoms with van der Waals surface area (Å²) in [6.45, 7) is 2.04. The molecule has 0 aromatic carbocycles. The summed E-state index contributed by atoms with van der Waals surface area (Å²) in [6.07, 6.45) is 6.39. The molecule has 2 rings (SSSR count). The van der Waals surface area contributed by atoms with Gasteiger partial charge in [-0.15, -0.1) is 11.3 Å². The molecule has 0 unspecified atom stereocenters. The summed E-state index contributed by atoms with van der Waals surface area (Å²) in [4.78, 5) is 13.8. The quantitative estimate of drug-likeness (QED) is 0.601. The third kappa shape index (κ3) is 2.61. The summed E-state index contributed by atoms with van der Waals surface area (Å²) in [5, 5.41) is 1.96. The maximum atomic E-state index is 12.6. The molecule has 94 valence electrons. The highest BCUT2D eigenvalue weighted by Gasteiger charge is 2.39. The van der Waals surface area contributed by atoms with Crippen molar-refractivity contribution in [1.82, 2.24) is 0 Å². The first-order chi connectivity index (χ1) is 8.18. The van der Waals surface area contributed by atoms with Crippen LogP contribution in [0.25, 0.3) is 0 Å². The Hall–Kier alpha value is -0.670. The van der Waals surface area contributed by atoms with Crippen molar-refractivity contribution in [3.05, 3.63) is 21.9 Å². The minimum atomic E-state index is -0.552. The molecule has 1 aliphatic carbocycles. The fourth-order valence-electron chi connectivity index (χ4n) is 2.65. The van der Waals surface area contributed by atoms with E-state index in [2.05, 4.69) is 0 Å². The van der Waals surface area contributed by atoms with Crippen LogP contribution < -0.4 is 0 Å². The Morgan fingerprint density at radius 1 is 1.29 bits per heavy atom. The third-order valence-electron chi connectivity index (χ3n) is 3.71. The molecule has 0 spiro atoms. The highest BCUT2D eigenvalue weighted by atomic mass is 32.1. The summed E-state index contributed by atoms with van der Waals surface area (Å²) in [5.74, 6) is 0.186. The second kappa shape index (κ2) is 5.32. The number of ketones is 1. The number of thiophene rings is 1. The van der Waals surface area contributed by atoms with Crippen molar-refractivity contribution in [2.24, 2.45) is 0 Å². The van der Waals surface area contributed by atoms with Crippen molar-refractivity contribution in [3.8, 4) is 0 Å². The molecule has 1 aliphatic rings. The Labute approximate surface area is 107 Å². The van der Waals surface area contributed by atoms with Gasteiger partial charge in [0, 0.05) is 22.9 Å². The van der Waals surface area contributed by atoms with Crippen LogP contribution in [0.1, 0.15) is 53.8 Å². The number of aryl methyl sites for hydroxylation is 1. The van der Waals surface area contributed by atoms with Crippen LogP contribution in [0.4, 0.5) is 0 Å². The van der Waals surface area contributed by atoms with Crippen LogP contribution >= 0.6 is 11.3 Å². The highest BCUT2D eigenvalue weighted by Crippen LogP contribution is 2.34. The Morgan fingerprint density at radius 3 is 2.41 bits per heavy atom. The monoisotopic (exact) mass is 252 g/mol. The third-order valence-corrected chi connectivity index (χ3v) is 4.57. The minimum absolute atomic E-state index is 0.186. The highest BCUT2D eigenvalue weighted by molar-refractivity contribution is 7.10. The van der Waals surface area contributed by atoms with Crippen LogP contribution in [0.2, 0.25) is 0 Å². The van der Waals surface area contributed by atoms with Gasteiger partial charge in [0.25, 0.3) is 0 Å². The lowest BCUT2D eigenvalue weighted by Crippen LogP contribution is -2.40. The van der Waals surface area contributed by atoms with E-state index in [9.17, 15) is 4.79 Å². The second-order valence-electron chi connectivity index (χ2n) is 4.89. The van der Waals surface area contributed by atoms with E-state index >= 15 is 0 Å². The number of carbonyl (C=O) groups is 1. The molecule has 0 bridgehead atoms. The van der Waals surface area contributed by atoms with E-state index in [4.69, 9.17) is 4.74 Å². The maximum Gasteiger partial charge on any atom is 0.195 e. The van der Waals surface area contributed by atoms with E-state index in [0.29, 0.717) is 0 Å². The molecule has 17 heavy (non-hydrogen) atoms. The lowest BCUT2D eigenvalue weighted by molar-refractivity contribution is -0.00688. The van der Waals surface area contributed by atoms with Gasteiger partial charge in [0.15, 0.2) is 5.78 Å². The smallest absolute Gasteiger partial charge is 0.195 e. The van der Waals surface area contributed by atoms with Gasteiger partial charge in [-0.05, 0) is 25.8 Å². The van der Waals surface area contributed by atoms with Gasteiger partial charge in [-0.1, -0.05) is 25.7 Å². The van der Waals surface area contributed by atoms with Crippen LogP contribution in [0.5, 0.6) is 0 Å². The van der Waals surface area contributed by atoms with Crippen LogP contribution in [0, 0.1) is 6.92 Å². The largest absolute Gasteiger partial charge is 0.370 e. The zero-order valence-corrected chi connectivity index (χ0v) is 11.4. The minimum Gasteiger partial charge on any atom is -0.370 e. The van der Waals surface area contributed by atoms with Gasteiger partial charge in [0.05, 0.1) is 0 Å². The zero-order valence-electron chi connectivity index (χ0n) is 10.6. The number of hydrogen-bond donors (Lipinski definition) is 0. The Morgan fingerprint density at radius 2 is 1.94 bits per heavy atom. The van der Waals surface area contributed by atoms with Crippen molar-refractivity contribution < 1.29 is 9.53 Å². The number of hydrogen-bond acceptors (Lipinski definition) is 3.